The second kappa shape index (κ2) is 11.9. The molecule has 9 nitrogen and oxygen atoms in total. The number of hydrogen-bond acceptors (Lipinski definition) is 7. The van der Waals surface area contributed by atoms with Gasteiger partial charge in [-0.3, -0.25) is 18.7 Å². The van der Waals surface area contributed by atoms with Crippen LogP contribution in [0.3, 0.4) is 0 Å². The van der Waals surface area contributed by atoms with Gasteiger partial charge in [-0.1, -0.05) is 12.1 Å². The minimum atomic E-state index is -0.692. The summed E-state index contributed by atoms with van der Waals surface area (Å²) in [6, 6.07) is 7.44. The van der Waals surface area contributed by atoms with E-state index in [-0.39, 0.29) is 40.8 Å². The highest BCUT2D eigenvalue weighted by atomic mass is 32.2. The van der Waals surface area contributed by atoms with E-state index in [1.807, 2.05) is 36.0 Å². The predicted octanol–water partition coefficient (Wildman–Crippen LogP) is 2.94. The van der Waals surface area contributed by atoms with E-state index in [0.29, 0.717) is 32.1 Å². The molecule has 5 rings (SSSR count). The molecule has 1 saturated heterocycles. The summed E-state index contributed by atoms with van der Waals surface area (Å²) < 4.78 is 22.2. The molecular formula is C28H34FN5O4S. The molecule has 3 aromatic rings. The topological polar surface area (TPSA) is 121 Å². The van der Waals surface area contributed by atoms with Gasteiger partial charge in [-0.25, -0.2) is 14.2 Å². The van der Waals surface area contributed by atoms with Crippen LogP contribution < -0.4 is 27.0 Å². The smallest absolute Gasteiger partial charge is 0.333 e. The molecule has 1 saturated carbocycles. The van der Waals surface area contributed by atoms with E-state index in [1.54, 1.807) is 11.7 Å². The van der Waals surface area contributed by atoms with Crippen molar-refractivity contribution in [1.29, 1.82) is 0 Å². The molecule has 1 aromatic carbocycles. The Morgan fingerprint density at radius 1 is 1.10 bits per heavy atom. The zero-order valence-corrected chi connectivity index (χ0v) is 22.8. The molecule has 3 N–H and O–H groups in total. The average Bonchev–Trinajstić information content (AvgIpc) is 2.95. The van der Waals surface area contributed by atoms with Crippen molar-refractivity contribution in [2.75, 3.05) is 18.6 Å². The third kappa shape index (κ3) is 5.89. The lowest BCUT2D eigenvalue weighted by molar-refractivity contribution is -0.123. The lowest BCUT2D eigenvalue weighted by Gasteiger charge is -2.32. The first-order valence-electron chi connectivity index (χ1n) is 13.4. The van der Waals surface area contributed by atoms with Gasteiger partial charge in [-0.2, -0.15) is 11.8 Å². The summed E-state index contributed by atoms with van der Waals surface area (Å²) in [5.41, 5.74) is 6.49. The molecule has 1 atom stereocenters. The number of nitrogens with zero attached hydrogens (tertiary/aromatic N) is 3. The van der Waals surface area contributed by atoms with Crippen molar-refractivity contribution in [3.05, 3.63) is 68.7 Å². The Hall–Kier alpha value is -3.18. The number of amides is 1. The SMILES string of the molecule is COc1ccc(C[C@H](N)C(=O)NC2CCC(n3c(=O)c4cc(F)cnc4n(C4CCSCC4)c3=O)CC2)cc1. The molecule has 208 valence electrons. The predicted molar refractivity (Wildman–Crippen MR) is 150 cm³/mol. The maximum Gasteiger partial charge on any atom is 0.333 e. The number of hydrogen-bond donors (Lipinski definition) is 2. The Balaban J connectivity index is 1.30. The molecule has 2 aliphatic rings. The van der Waals surface area contributed by atoms with E-state index >= 15 is 0 Å². The van der Waals surface area contributed by atoms with Crippen molar-refractivity contribution in [2.45, 2.75) is 69.1 Å². The first kappa shape index (κ1) is 27.4. The number of thioether (sulfide) groups is 1. The van der Waals surface area contributed by atoms with Crippen LogP contribution in [-0.2, 0) is 11.2 Å². The Morgan fingerprint density at radius 3 is 2.44 bits per heavy atom. The van der Waals surface area contributed by atoms with Crippen molar-refractivity contribution in [3.63, 3.8) is 0 Å². The fourth-order valence-corrected chi connectivity index (χ4v) is 6.78. The standard InChI is InChI=1S/C28H34FN5O4S/c1-38-22-8-2-17(3-9-22)14-24(30)26(35)32-19-4-6-20(7-5-19)34-27(36)23-15-18(29)16-31-25(23)33(28(34)37)21-10-12-39-13-11-21/h2-3,8-9,15-16,19-21,24H,4-7,10-14,30H2,1H3,(H,32,35)/t19?,20?,24-/m0/s1. The molecule has 2 fully saturated rings. The van der Waals surface area contributed by atoms with Gasteiger partial charge >= 0.3 is 5.69 Å². The average molecular weight is 556 g/mol. The number of nitrogens with two attached hydrogens (primary N) is 1. The van der Waals surface area contributed by atoms with Crippen LogP contribution in [0.25, 0.3) is 11.0 Å². The van der Waals surface area contributed by atoms with E-state index in [4.69, 9.17) is 10.5 Å². The molecule has 1 aliphatic carbocycles. The molecule has 39 heavy (non-hydrogen) atoms. The van der Waals surface area contributed by atoms with Crippen LogP contribution in [0.2, 0.25) is 0 Å². The lowest BCUT2D eigenvalue weighted by Crippen LogP contribution is -2.49. The van der Waals surface area contributed by atoms with Gasteiger partial charge in [0.15, 0.2) is 0 Å². The van der Waals surface area contributed by atoms with Crippen LogP contribution in [0, 0.1) is 5.82 Å². The van der Waals surface area contributed by atoms with Gasteiger partial charge in [0.2, 0.25) is 5.91 Å². The van der Waals surface area contributed by atoms with Crippen molar-refractivity contribution >= 4 is 28.7 Å². The molecule has 1 aliphatic heterocycles. The van der Waals surface area contributed by atoms with E-state index in [2.05, 4.69) is 10.3 Å². The third-order valence-electron chi connectivity index (χ3n) is 7.84. The second-order valence-electron chi connectivity index (χ2n) is 10.4. The van der Waals surface area contributed by atoms with Crippen LogP contribution in [0.4, 0.5) is 4.39 Å². The van der Waals surface area contributed by atoms with E-state index in [1.165, 1.54) is 10.6 Å². The maximum atomic E-state index is 14.1. The molecule has 0 bridgehead atoms. The Kier molecular flexibility index (Phi) is 8.37. The van der Waals surface area contributed by atoms with Crippen LogP contribution in [0.15, 0.2) is 46.1 Å². The molecule has 0 spiro atoms. The van der Waals surface area contributed by atoms with Crippen LogP contribution in [0.5, 0.6) is 5.75 Å². The number of nitrogens with one attached hydrogen (secondary N) is 1. The fourth-order valence-electron chi connectivity index (χ4n) is 5.69. The number of halogens is 1. The molecule has 3 heterocycles. The Morgan fingerprint density at radius 2 is 1.77 bits per heavy atom. The minimum Gasteiger partial charge on any atom is -0.497 e. The van der Waals surface area contributed by atoms with E-state index in [9.17, 15) is 18.8 Å². The summed E-state index contributed by atoms with van der Waals surface area (Å²) in [6.45, 7) is 0. The van der Waals surface area contributed by atoms with Gasteiger partial charge in [-0.05, 0) is 80.2 Å². The first-order chi connectivity index (χ1) is 18.9. The molecule has 1 amide bonds. The van der Waals surface area contributed by atoms with Crippen molar-refractivity contribution in [2.24, 2.45) is 5.73 Å². The zero-order chi connectivity index (χ0) is 27.5. The number of aromatic nitrogens is 3. The van der Waals surface area contributed by atoms with Crippen molar-refractivity contribution in [3.8, 4) is 5.75 Å². The summed E-state index contributed by atoms with van der Waals surface area (Å²) in [6.07, 6.45) is 5.37. The number of carbonyl (C=O) groups excluding carboxylic acids is 1. The highest BCUT2D eigenvalue weighted by molar-refractivity contribution is 7.99. The molecule has 0 radical (unpaired) electrons. The molecule has 11 heteroatoms. The monoisotopic (exact) mass is 555 g/mol. The van der Waals surface area contributed by atoms with E-state index in [0.717, 1.165) is 41.9 Å². The summed E-state index contributed by atoms with van der Waals surface area (Å²) >= 11 is 1.84. The van der Waals surface area contributed by atoms with Crippen molar-refractivity contribution < 1.29 is 13.9 Å². The zero-order valence-electron chi connectivity index (χ0n) is 22.0. The van der Waals surface area contributed by atoms with E-state index < -0.39 is 17.4 Å². The second-order valence-corrected chi connectivity index (χ2v) is 11.6. The molecule has 0 unspecified atom stereocenters. The summed E-state index contributed by atoms with van der Waals surface area (Å²) in [5, 5.41) is 3.17. The van der Waals surface area contributed by atoms with Gasteiger partial charge in [0.25, 0.3) is 5.56 Å². The van der Waals surface area contributed by atoms with Gasteiger partial charge in [0, 0.05) is 18.1 Å². The first-order valence-corrected chi connectivity index (χ1v) is 14.6. The van der Waals surface area contributed by atoms with Gasteiger partial charge < -0.3 is 15.8 Å². The Labute approximate surface area is 229 Å². The molecular weight excluding hydrogens is 521 g/mol. The number of rotatable bonds is 7. The van der Waals surface area contributed by atoms with Crippen LogP contribution in [0.1, 0.15) is 56.2 Å². The van der Waals surface area contributed by atoms with Crippen LogP contribution >= 0.6 is 11.8 Å². The number of benzene rings is 1. The number of fused-ring (bicyclic) bond motifs is 1. The fraction of sp³-hybridized carbons (Fsp3) is 0.500. The minimum absolute atomic E-state index is 0.0751. The normalized spacial score (nSPS) is 21.0. The maximum absolute atomic E-state index is 14.1. The summed E-state index contributed by atoms with van der Waals surface area (Å²) in [4.78, 5) is 44.1. The van der Waals surface area contributed by atoms with Gasteiger partial charge in [0.1, 0.15) is 17.2 Å². The number of pyridine rings is 1. The number of methoxy groups -OCH3 is 1. The largest absolute Gasteiger partial charge is 0.497 e. The third-order valence-corrected chi connectivity index (χ3v) is 8.89. The number of carbonyl (C=O) groups is 1. The summed E-state index contributed by atoms with van der Waals surface area (Å²) in [5.74, 6) is 1.75. The lowest BCUT2D eigenvalue weighted by atomic mass is 9.90. The highest BCUT2D eigenvalue weighted by Gasteiger charge is 2.30. The van der Waals surface area contributed by atoms with Gasteiger partial charge in [0.05, 0.1) is 24.7 Å². The van der Waals surface area contributed by atoms with Crippen LogP contribution in [-0.4, -0.2) is 50.7 Å². The van der Waals surface area contributed by atoms with Gasteiger partial charge in [-0.15, -0.1) is 0 Å². The number of ether oxygens (including phenoxy) is 1. The van der Waals surface area contributed by atoms with Crippen molar-refractivity contribution in [1.82, 2.24) is 19.4 Å². The highest BCUT2D eigenvalue weighted by Crippen LogP contribution is 2.30. The Bertz CT molecular complexity index is 1440. The quantitative estimate of drug-likeness (QED) is 0.460. The molecule has 2 aromatic heterocycles. The summed E-state index contributed by atoms with van der Waals surface area (Å²) in [7, 11) is 1.60.